The summed E-state index contributed by atoms with van der Waals surface area (Å²) in [7, 11) is -3.02. The highest BCUT2D eigenvalue weighted by Crippen LogP contribution is 2.19. The smallest absolute Gasteiger partial charge is 0.246 e. The number of carbonyl (C=O) groups excluding carboxylic acids is 1. The molecular weight excluding hydrogens is 338 g/mol. The van der Waals surface area contributed by atoms with E-state index in [1.165, 1.54) is 6.08 Å². The van der Waals surface area contributed by atoms with Crippen LogP contribution in [0.15, 0.2) is 36.5 Å². The zero-order chi connectivity index (χ0) is 17.9. The van der Waals surface area contributed by atoms with Crippen molar-refractivity contribution < 1.29 is 13.2 Å². The fourth-order valence-electron chi connectivity index (χ4n) is 3.04. The average molecular weight is 359 g/mol. The van der Waals surface area contributed by atoms with Crippen molar-refractivity contribution in [2.24, 2.45) is 0 Å². The van der Waals surface area contributed by atoms with E-state index in [0.717, 1.165) is 17.5 Å². The summed E-state index contributed by atoms with van der Waals surface area (Å²) in [5, 5.41) is 0. The van der Waals surface area contributed by atoms with Gasteiger partial charge in [0.1, 0.15) is 0 Å². The minimum Gasteiger partial charge on any atom is -0.335 e. The Morgan fingerprint density at radius 1 is 1.32 bits per heavy atom. The molecule has 1 amide bonds. The van der Waals surface area contributed by atoms with Gasteiger partial charge in [-0.15, -0.1) is 0 Å². The highest BCUT2D eigenvalue weighted by molar-refractivity contribution is 7.91. The number of fused-ring (bicyclic) bond motifs is 1. The molecule has 1 aromatic carbocycles. The zero-order valence-corrected chi connectivity index (χ0v) is 14.9. The molecule has 1 fully saturated rings. The van der Waals surface area contributed by atoms with Gasteiger partial charge in [-0.2, -0.15) is 0 Å². The molecule has 7 heteroatoms. The van der Waals surface area contributed by atoms with E-state index in [1.54, 1.807) is 17.2 Å². The van der Waals surface area contributed by atoms with Gasteiger partial charge in [0.05, 0.1) is 34.4 Å². The summed E-state index contributed by atoms with van der Waals surface area (Å²) in [6.45, 7) is 2.52. The molecular formula is C18H21N3O3S. The van der Waals surface area contributed by atoms with E-state index in [1.807, 2.05) is 31.2 Å². The van der Waals surface area contributed by atoms with Gasteiger partial charge < -0.3 is 4.90 Å². The third-order valence-electron chi connectivity index (χ3n) is 4.26. The van der Waals surface area contributed by atoms with Crippen molar-refractivity contribution >= 4 is 32.9 Å². The molecule has 1 aliphatic heterocycles. The van der Waals surface area contributed by atoms with Gasteiger partial charge in [0.25, 0.3) is 0 Å². The van der Waals surface area contributed by atoms with Crippen molar-refractivity contribution in [3.05, 3.63) is 42.2 Å². The van der Waals surface area contributed by atoms with Crippen LogP contribution in [0.4, 0.5) is 0 Å². The Kier molecular flexibility index (Phi) is 5.13. The van der Waals surface area contributed by atoms with E-state index in [2.05, 4.69) is 9.97 Å². The summed E-state index contributed by atoms with van der Waals surface area (Å²) in [4.78, 5) is 23.0. The van der Waals surface area contributed by atoms with Gasteiger partial charge in [-0.05, 0) is 31.1 Å². The number of hydrogen-bond acceptors (Lipinski definition) is 5. The SMILES string of the molecule is CCCN(C(=O)C=Cc1cnc2ccccc2n1)C1CCS(=O)(=O)C1. The minimum atomic E-state index is -3.02. The number of benzene rings is 1. The molecule has 25 heavy (non-hydrogen) atoms. The van der Waals surface area contributed by atoms with Crippen molar-refractivity contribution in [3.63, 3.8) is 0 Å². The average Bonchev–Trinajstić information content (AvgIpc) is 2.97. The highest BCUT2D eigenvalue weighted by Gasteiger charge is 2.33. The van der Waals surface area contributed by atoms with Gasteiger partial charge >= 0.3 is 0 Å². The Balaban J connectivity index is 1.76. The van der Waals surface area contributed by atoms with Gasteiger partial charge in [0.15, 0.2) is 9.84 Å². The molecule has 1 aromatic heterocycles. The molecule has 2 aromatic rings. The Hall–Kier alpha value is -2.28. The Morgan fingerprint density at radius 3 is 2.76 bits per heavy atom. The van der Waals surface area contributed by atoms with Crippen molar-refractivity contribution in [1.82, 2.24) is 14.9 Å². The maximum Gasteiger partial charge on any atom is 0.246 e. The number of hydrogen-bond donors (Lipinski definition) is 0. The van der Waals surface area contributed by atoms with Gasteiger partial charge in [-0.25, -0.2) is 13.4 Å². The standard InChI is InChI=1S/C18H21N3O3S/c1-2-10-21(15-9-11-25(23,24)13-15)18(22)8-7-14-12-19-16-5-3-4-6-17(16)20-14/h3-8,12,15H,2,9-11,13H2,1H3. The molecule has 0 saturated carbocycles. The van der Waals surface area contributed by atoms with Gasteiger partial charge in [0, 0.05) is 18.7 Å². The molecule has 0 bridgehead atoms. The van der Waals surface area contributed by atoms with Crippen LogP contribution in [0.25, 0.3) is 17.1 Å². The molecule has 132 valence electrons. The van der Waals surface area contributed by atoms with Crippen LogP contribution >= 0.6 is 0 Å². The van der Waals surface area contributed by atoms with Crippen LogP contribution in [0, 0.1) is 0 Å². The molecule has 0 aliphatic carbocycles. The maximum absolute atomic E-state index is 12.6. The fourth-order valence-corrected chi connectivity index (χ4v) is 4.77. The maximum atomic E-state index is 12.6. The fraction of sp³-hybridized carbons (Fsp3) is 0.389. The summed E-state index contributed by atoms with van der Waals surface area (Å²) < 4.78 is 23.4. The number of nitrogens with zero attached hydrogens (tertiary/aromatic N) is 3. The topological polar surface area (TPSA) is 80.2 Å². The third kappa shape index (κ3) is 4.22. The van der Waals surface area contributed by atoms with Crippen molar-refractivity contribution in [3.8, 4) is 0 Å². The lowest BCUT2D eigenvalue weighted by Crippen LogP contribution is -2.40. The largest absolute Gasteiger partial charge is 0.335 e. The molecule has 6 nitrogen and oxygen atoms in total. The Morgan fingerprint density at radius 2 is 2.08 bits per heavy atom. The quantitative estimate of drug-likeness (QED) is 0.764. The predicted octanol–water partition coefficient (Wildman–Crippen LogP) is 2.07. The second-order valence-electron chi connectivity index (χ2n) is 6.21. The zero-order valence-electron chi connectivity index (χ0n) is 14.1. The number of sulfone groups is 1. The molecule has 1 aliphatic rings. The summed E-state index contributed by atoms with van der Waals surface area (Å²) in [6.07, 6.45) is 6.01. The number of carbonyl (C=O) groups is 1. The molecule has 1 saturated heterocycles. The first-order chi connectivity index (χ1) is 12.0. The first-order valence-electron chi connectivity index (χ1n) is 8.39. The summed E-state index contributed by atoms with van der Waals surface area (Å²) >= 11 is 0. The summed E-state index contributed by atoms with van der Waals surface area (Å²) in [5.74, 6) is 0.0341. The van der Waals surface area contributed by atoms with Gasteiger partial charge in [0.2, 0.25) is 5.91 Å². The van der Waals surface area contributed by atoms with Crippen molar-refractivity contribution in [2.45, 2.75) is 25.8 Å². The van der Waals surface area contributed by atoms with Crippen molar-refractivity contribution in [2.75, 3.05) is 18.1 Å². The number of aromatic nitrogens is 2. The van der Waals surface area contributed by atoms with Crippen LogP contribution in [0.2, 0.25) is 0 Å². The molecule has 3 rings (SSSR count). The Labute approximate surface area is 147 Å². The van der Waals surface area contributed by atoms with Crippen LogP contribution in [0.5, 0.6) is 0 Å². The predicted molar refractivity (Wildman–Crippen MR) is 97.6 cm³/mol. The third-order valence-corrected chi connectivity index (χ3v) is 6.01. The molecule has 1 atom stereocenters. The molecule has 0 N–H and O–H groups in total. The number of rotatable bonds is 5. The summed E-state index contributed by atoms with van der Waals surface area (Å²) in [6, 6.07) is 7.30. The lowest BCUT2D eigenvalue weighted by Gasteiger charge is -2.26. The van der Waals surface area contributed by atoms with E-state index in [4.69, 9.17) is 0 Å². The first-order valence-corrected chi connectivity index (χ1v) is 10.2. The van der Waals surface area contributed by atoms with E-state index >= 15 is 0 Å². The van der Waals surface area contributed by atoms with E-state index in [-0.39, 0.29) is 23.5 Å². The van der Waals surface area contributed by atoms with E-state index < -0.39 is 9.84 Å². The molecule has 0 radical (unpaired) electrons. The lowest BCUT2D eigenvalue weighted by atomic mass is 10.2. The van der Waals surface area contributed by atoms with E-state index in [9.17, 15) is 13.2 Å². The van der Waals surface area contributed by atoms with Crippen LogP contribution in [0.1, 0.15) is 25.5 Å². The lowest BCUT2D eigenvalue weighted by molar-refractivity contribution is -0.127. The molecule has 1 unspecified atom stereocenters. The first kappa shape index (κ1) is 17.5. The van der Waals surface area contributed by atoms with Crippen LogP contribution in [-0.4, -0.2) is 53.3 Å². The van der Waals surface area contributed by atoms with Gasteiger partial charge in [-0.3, -0.25) is 9.78 Å². The van der Waals surface area contributed by atoms with Crippen molar-refractivity contribution in [1.29, 1.82) is 0 Å². The second kappa shape index (κ2) is 7.31. The highest BCUT2D eigenvalue weighted by atomic mass is 32.2. The van der Waals surface area contributed by atoms with Crippen LogP contribution in [0.3, 0.4) is 0 Å². The normalized spacial score (nSPS) is 19.5. The van der Waals surface area contributed by atoms with E-state index in [0.29, 0.717) is 18.7 Å². The Bertz CT molecular complexity index is 909. The monoisotopic (exact) mass is 359 g/mol. The van der Waals surface area contributed by atoms with Crippen LogP contribution in [-0.2, 0) is 14.6 Å². The molecule has 0 spiro atoms. The second-order valence-corrected chi connectivity index (χ2v) is 8.43. The van der Waals surface area contributed by atoms with Crippen LogP contribution < -0.4 is 0 Å². The summed E-state index contributed by atoms with van der Waals surface area (Å²) in [5.41, 5.74) is 2.17. The number of para-hydroxylation sites is 2. The van der Waals surface area contributed by atoms with Gasteiger partial charge in [-0.1, -0.05) is 19.1 Å². The molecule has 2 heterocycles. The number of amides is 1. The minimum absolute atomic E-state index is 0.0579.